The number of nitrogens with zero attached hydrogens (tertiary/aromatic N) is 1. The van der Waals surface area contributed by atoms with E-state index in [4.69, 9.17) is 0 Å². The SMILES string of the molecule is CCCCCCCCC1=NSC(Br)(Br)C1=O. The van der Waals surface area contributed by atoms with E-state index in [0.29, 0.717) is 5.71 Å². The molecule has 1 rings (SSSR count). The zero-order valence-electron chi connectivity index (χ0n) is 9.47. The third-order valence-corrected chi connectivity index (χ3v) is 4.88. The first-order chi connectivity index (χ1) is 7.58. The molecule has 0 radical (unpaired) electrons. The molecule has 0 N–H and O–H groups in total. The van der Waals surface area contributed by atoms with Crippen molar-refractivity contribution in [3.8, 4) is 0 Å². The Kier molecular flexibility index (Phi) is 6.59. The van der Waals surface area contributed by atoms with Gasteiger partial charge in [0.2, 0.25) is 8.35 Å². The van der Waals surface area contributed by atoms with Crippen LogP contribution in [-0.2, 0) is 4.79 Å². The van der Waals surface area contributed by atoms with Crippen molar-refractivity contribution in [2.45, 2.75) is 54.4 Å². The van der Waals surface area contributed by atoms with Crippen molar-refractivity contribution in [1.82, 2.24) is 0 Å². The van der Waals surface area contributed by atoms with Crippen molar-refractivity contribution >= 4 is 55.3 Å². The molecule has 0 unspecified atom stereocenters. The monoisotopic (exact) mass is 369 g/mol. The zero-order valence-corrected chi connectivity index (χ0v) is 13.5. The van der Waals surface area contributed by atoms with Crippen LogP contribution in [-0.4, -0.2) is 14.1 Å². The fraction of sp³-hybridized carbons (Fsp3) is 0.818. The summed E-state index contributed by atoms with van der Waals surface area (Å²) in [5.74, 6) is 0.0751. The summed E-state index contributed by atoms with van der Waals surface area (Å²) < 4.78 is 3.51. The number of hydrogen-bond acceptors (Lipinski definition) is 3. The predicted octanol–water partition coefficient (Wildman–Crippen LogP) is 4.85. The van der Waals surface area contributed by atoms with Crippen LogP contribution in [0.25, 0.3) is 0 Å². The molecular formula is C11H17Br2NOS. The summed E-state index contributed by atoms with van der Waals surface area (Å²) in [7, 11) is 0. The first-order valence-corrected chi connectivity index (χ1v) is 8.11. The quantitative estimate of drug-likeness (QED) is 0.364. The first-order valence-electron chi connectivity index (χ1n) is 5.75. The lowest BCUT2D eigenvalue weighted by Crippen LogP contribution is -2.23. The molecule has 0 aromatic heterocycles. The van der Waals surface area contributed by atoms with Crippen LogP contribution in [0.1, 0.15) is 51.9 Å². The number of hydrogen-bond donors (Lipinski definition) is 0. The summed E-state index contributed by atoms with van der Waals surface area (Å²) >= 11 is 7.87. The van der Waals surface area contributed by atoms with Gasteiger partial charge in [-0.1, -0.05) is 39.0 Å². The molecule has 1 heterocycles. The molecule has 0 aliphatic carbocycles. The molecule has 0 bridgehead atoms. The number of carbonyl (C=O) groups excluding carboxylic acids is 1. The van der Waals surface area contributed by atoms with E-state index in [-0.39, 0.29) is 5.78 Å². The maximum Gasteiger partial charge on any atom is 0.217 e. The number of alkyl halides is 2. The van der Waals surface area contributed by atoms with Crippen LogP contribution < -0.4 is 0 Å². The van der Waals surface area contributed by atoms with Gasteiger partial charge in [0.15, 0.2) is 0 Å². The molecule has 1 aliphatic rings. The molecule has 5 heteroatoms. The Morgan fingerprint density at radius 1 is 1.19 bits per heavy atom. The van der Waals surface area contributed by atoms with Gasteiger partial charge in [0.1, 0.15) is 0 Å². The van der Waals surface area contributed by atoms with Crippen LogP contribution in [0, 0.1) is 0 Å². The Bertz CT molecular complexity index is 279. The molecule has 0 fully saturated rings. The normalized spacial score (nSPS) is 18.9. The van der Waals surface area contributed by atoms with E-state index in [9.17, 15) is 4.79 Å². The molecule has 0 aromatic carbocycles. The van der Waals surface area contributed by atoms with Crippen molar-refractivity contribution in [2.75, 3.05) is 0 Å². The number of carbonyl (C=O) groups is 1. The van der Waals surface area contributed by atoms with Crippen molar-refractivity contribution in [3.63, 3.8) is 0 Å². The largest absolute Gasteiger partial charge is 0.289 e. The molecule has 0 saturated heterocycles. The second-order valence-corrected chi connectivity index (χ2v) is 9.46. The highest BCUT2D eigenvalue weighted by atomic mass is 79.9. The van der Waals surface area contributed by atoms with E-state index in [1.165, 1.54) is 44.1 Å². The molecule has 16 heavy (non-hydrogen) atoms. The highest BCUT2D eigenvalue weighted by Crippen LogP contribution is 2.45. The summed E-state index contributed by atoms with van der Waals surface area (Å²) in [6, 6.07) is 0. The molecule has 0 atom stereocenters. The van der Waals surface area contributed by atoms with Gasteiger partial charge in [-0.05, 0) is 44.7 Å². The lowest BCUT2D eigenvalue weighted by atomic mass is 10.1. The average Bonchev–Trinajstić information content (AvgIpc) is 2.50. The molecule has 2 nitrogen and oxygen atoms in total. The van der Waals surface area contributed by atoms with E-state index < -0.39 is 2.57 Å². The van der Waals surface area contributed by atoms with Crippen LogP contribution >= 0.6 is 43.8 Å². The maximum absolute atomic E-state index is 11.7. The van der Waals surface area contributed by atoms with Gasteiger partial charge >= 0.3 is 0 Å². The van der Waals surface area contributed by atoms with E-state index in [2.05, 4.69) is 43.2 Å². The summed E-state index contributed by atoms with van der Waals surface area (Å²) in [5.41, 5.74) is 0.717. The van der Waals surface area contributed by atoms with Crippen molar-refractivity contribution in [1.29, 1.82) is 0 Å². The molecular weight excluding hydrogens is 354 g/mol. The Labute approximate surface area is 118 Å². The van der Waals surface area contributed by atoms with Gasteiger partial charge in [-0.15, -0.1) is 0 Å². The highest BCUT2D eigenvalue weighted by Gasteiger charge is 2.41. The van der Waals surface area contributed by atoms with Crippen LogP contribution in [0.15, 0.2) is 4.40 Å². The fourth-order valence-electron chi connectivity index (χ4n) is 1.60. The highest BCUT2D eigenvalue weighted by molar-refractivity contribution is 9.28. The second kappa shape index (κ2) is 7.17. The molecule has 1 aliphatic heterocycles. The van der Waals surface area contributed by atoms with Crippen LogP contribution in [0.2, 0.25) is 0 Å². The topological polar surface area (TPSA) is 29.4 Å². The number of Topliss-reactive ketones (excluding diaryl/α,β-unsaturated/α-hetero) is 1. The van der Waals surface area contributed by atoms with E-state index in [0.717, 1.165) is 12.8 Å². The van der Waals surface area contributed by atoms with Crippen molar-refractivity contribution in [3.05, 3.63) is 0 Å². The number of ketones is 1. The second-order valence-electron chi connectivity index (χ2n) is 3.99. The Morgan fingerprint density at radius 2 is 1.81 bits per heavy atom. The minimum absolute atomic E-state index is 0.0751. The molecule has 0 aromatic rings. The third kappa shape index (κ3) is 4.49. The van der Waals surface area contributed by atoms with Crippen molar-refractivity contribution < 1.29 is 4.79 Å². The smallest absolute Gasteiger partial charge is 0.217 e. The Hall–Kier alpha value is 0.650. The van der Waals surface area contributed by atoms with Crippen molar-refractivity contribution in [2.24, 2.45) is 4.40 Å². The number of rotatable bonds is 7. The molecule has 0 saturated carbocycles. The lowest BCUT2D eigenvalue weighted by Gasteiger charge is -2.06. The first kappa shape index (κ1) is 14.7. The van der Waals surface area contributed by atoms with E-state index >= 15 is 0 Å². The zero-order chi connectivity index (χ0) is 12.0. The average molecular weight is 371 g/mol. The minimum Gasteiger partial charge on any atom is -0.289 e. The van der Waals surface area contributed by atoms with Gasteiger partial charge in [-0.25, -0.2) is 4.40 Å². The summed E-state index contributed by atoms with van der Waals surface area (Å²) in [4.78, 5) is 11.7. The minimum atomic E-state index is -0.683. The Morgan fingerprint density at radius 3 is 2.38 bits per heavy atom. The van der Waals surface area contributed by atoms with Gasteiger partial charge in [-0.2, -0.15) is 0 Å². The maximum atomic E-state index is 11.7. The number of unbranched alkanes of at least 4 members (excludes halogenated alkanes) is 5. The van der Waals surface area contributed by atoms with Gasteiger partial charge in [-0.3, -0.25) is 4.79 Å². The van der Waals surface area contributed by atoms with Gasteiger partial charge in [0.05, 0.1) is 5.71 Å². The summed E-state index contributed by atoms with van der Waals surface area (Å²) in [6.07, 6.45) is 8.28. The standard InChI is InChI=1S/C11H17Br2NOS/c1-2-3-4-5-6-7-8-9-10(15)11(12,13)16-14-9/h2-8H2,1H3. The van der Waals surface area contributed by atoms with Crippen LogP contribution in [0.3, 0.4) is 0 Å². The van der Waals surface area contributed by atoms with Crippen LogP contribution in [0.4, 0.5) is 0 Å². The van der Waals surface area contributed by atoms with E-state index in [1.807, 2.05) is 0 Å². The predicted molar refractivity (Wildman–Crippen MR) is 78.6 cm³/mol. The third-order valence-electron chi connectivity index (χ3n) is 2.56. The lowest BCUT2D eigenvalue weighted by molar-refractivity contribution is -0.111. The summed E-state index contributed by atoms with van der Waals surface area (Å²) in [5, 5.41) is 0. The van der Waals surface area contributed by atoms with Crippen LogP contribution in [0.5, 0.6) is 0 Å². The molecule has 0 spiro atoms. The summed E-state index contributed by atoms with van der Waals surface area (Å²) in [6.45, 7) is 2.22. The van der Waals surface area contributed by atoms with Gasteiger partial charge < -0.3 is 0 Å². The Balaban J connectivity index is 2.13. The number of halogens is 2. The molecule has 92 valence electrons. The van der Waals surface area contributed by atoms with E-state index in [1.54, 1.807) is 0 Å². The fourth-order valence-corrected chi connectivity index (χ4v) is 3.09. The van der Waals surface area contributed by atoms with Gasteiger partial charge in [0.25, 0.3) is 0 Å². The molecule has 0 amide bonds. The van der Waals surface area contributed by atoms with Gasteiger partial charge in [0, 0.05) is 11.9 Å².